The normalized spacial score (nSPS) is 20.1. The molecule has 1 aliphatic rings. The molecule has 1 atom stereocenters. The van der Waals surface area contributed by atoms with Crippen LogP contribution in [0.5, 0.6) is 0 Å². The second-order valence-electron chi connectivity index (χ2n) is 5.17. The lowest BCUT2D eigenvalue weighted by Crippen LogP contribution is -2.50. The maximum absolute atomic E-state index is 11.8. The highest BCUT2D eigenvalue weighted by atomic mass is 16.4. The van der Waals surface area contributed by atoms with Gasteiger partial charge in [-0.25, -0.2) is 4.79 Å². The molecule has 0 aromatic rings. The van der Waals surface area contributed by atoms with E-state index in [2.05, 4.69) is 11.2 Å². The van der Waals surface area contributed by atoms with E-state index in [1.54, 1.807) is 18.7 Å². The monoisotopic (exact) mass is 252 g/mol. The number of nitrogens with zero attached hydrogens (tertiary/aromatic N) is 1. The van der Waals surface area contributed by atoms with Crippen LogP contribution in [0.1, 0.15) is 26.7 Å². The minimum absolute atomic E-state index is 0.0275. The number of carbonyl (C=O) groups is 2. The van der Waals surface area contributed by atoms with Gasteiger partial charge in [0.05, 0.1) is 12.0 Å². The minimum Gasteiger partial charge on any atom is -0.481 e. The Kier molecular flexibility index (Phi) is 4.60. The van der Waals surface area contributed by atoms with E-state index in [1.165, 1.54) is 0 Å². The Hall–Kier alpha value is -1.70. The van der Waals surface area contributed by atoms with Crippen molar-refractivity contribution in [1.82, 2.24) is 10.2 Å². The third-order valence-corrected chi connectivity index (χ3v) is 3.62. The Balaban J connectivity index is 2.64. The van der Waals surface area contributed by atoms with Crippen molar-refractivity contribution in [3.8, 4) is 12.3 Å². The van der Waals surface area contributed by atoms with Crippen molar-refractivity contribution in [3.63, 3.8) is 0 Å². The molecule has 0 spiro atoms. The minimum atomic E-state index is -0.821. The van der Waals surface area contributed by atoms with Crippen LogP contribution in [0.4, 0.5) is 4.79 Å². The lowest BCUT2D eigenvalue weighted by atomic mass is 9.74. The standard InChI is InChI=1S/C13H20N2O3/c1-4-7-14-12(18)15-8-5-6-10(9-15)13(2,3)11(16)17/h1,10H,5-9H2,2-3H3,(H,14,18)(H,16,17). The van der Waals surface area contributed by atoms with Crippen molar-refractivity contribution < 1.29 is 14.7 Å². The van der Waals surface area contributed by atoms with E-state index < -0.39 is 11.4 Å². The van der Waals surface area contributed by atoms with Crippen LogP contribution >= 0.6 is 0 Å². The number of urea groups is 1. The molecule has 1 rings (SSSR count). The third-order valence-electron chi connectivity index (χ3n) is 3.62. The fourth-order valence-corrected chi connectivity index (χ4v) is 2.16. The van der Waals surface area contributed by atoms with Gasteiger partial charge in [0, 0.05) is 13.1 Å². The summed E-state index contributed by atoms with van der Waals surface area (Å²) >= 11 is 0. The number of rotatable bonds is 3. The highest BCUT2D eigenvalue weighted by Gasteiger charge is 2.39. The van der Waals surface area contributed by atoms with Gasteiger partial charge in [-0.05, 0) is 32.6 Å². The Morgan fingerprint density at radius 3 is 2.78 bits per heavy atom. The molecular weight excluding hydrogens is 232 g/mol. The van der Waals surface area contributed by atoms with Gasteiger partial charge in [0.1, 0.15) is 0 Å². The summed E-state index contributed by atoms with van der Waals surface area (Å²) in [6, 6.07) is -0.209. The first-order chi connectivity index (χ1) is 8.39. The summed E-state index contributed by atoms with van der Waals surface area (Å²) in [4.78, 5) is 24.6. The molecule has 1 saturated heterocycles. The summed E-state index contributed by atoms with van der Waals surface area (Å²) in [6.07, 6.45) is 6.74. The molecule has 1 fully saturated rings. The molecule has 0 aromatic heterocycles. The predicted octanol–water partition coefficient (Wildman–Crippen LogP) is 1.15. The number of carbonyl (C=O) groups excluding carboxylic acids is 1. The molecule has 1 unspecified atom stereocenters. The molecule has 2 N–H and O–H groups in total. The maximum Gasteiger partial charge on any atom is 0.318 e. The van der Waals surface area contributed by atoms with Gasteiger partial charge in [-0.3, -0.25) is 4.79 Å². The van der Waals surface area contributed by atoms with Crippen LogP contribution in [-0.4, -0.2) is 41.6 Å². The SMILES string of the molecule is C#CCNC(=O)N1CCCC(C(C)(C)C(=O)O)C1. The van der Waals surface area contributed by atoms with Crippen molar-refractivity contribution in [3.05, 3.63) is 0 Å². The van der Waals surface area contributed by atoms with E-state index in [9.17, 15) is 14.7 Å². The fourth-order valence-electron chi connectivity index (χ4n) is 2.16. The Morgan fingerprint density at radius 1 is 1.56 bits per heavy atom. The van der Waals surface area contributed by atoms with E-state index in [4.69, 9.17) is 6.42 Å². The topological polar surface area (TPSA) is 69.6 Å². The average molecular weight is 252 g/mol. The number of piperidine rings is 1. The molecule has 5 heteroatoms. The first-order valence-electron chi connectivity index (χ1n) is 6.09. The first-order valence-corrected chi connectivity index (χ1v) is 6.09. The summed E-state index contributed by atoms with van der Waals surface area (Å²) < 4.78 is 0. The fraction of sp³-hybridized carbons (Fsp3) is 0.692. The Morgan fingerprint density at radius 2 is 2.22 bits per heavy atom. The van der Waals surface area contributed by atoms with Crippen LogP contribution in [0.2, 0.25) is 0 Å². The average Bonchev–Trinajstić information content (AvgIpc) is 2.35. The van der Waals surface area contributed by atoms with Crippen molar-refractivity contribution in [2.24, 2.45) is 11.3 Å². The van der Waals surface area contributed by atoms with Crippen molar-refractivity contribution in [2.75, 3.05) is 19.6 Å². The van der Waals surface area contributed by atoms with Crippen LogP contribution in [0.25, 0.3) is 0 Å². The molecule has 2 amide bonds. The number of likely N-dealkylation sites (tertiary alicyclic amines) is 1. The Bertz CT molecular complexity index is 371. The molecule has 100 valence electrons. The second kappa shape index (κ2) is 5.76. The van der Waals surface area contributed by atoms with Crippen molar-refractivity contribution >= 4 is 12.0 Å². The Labute approximate surface area is 108 Å². The van der Waals surface area contributed by atoms with Gasteiger partial charge in [-0.15, -0.1) is 6.42 Å². The molecule has 0 aliphatic carbocycles. The summed E-state index contributed by atoms with van der Waals surface area (Å²) in [6.45, 7) is 4.74. The number of aliphatic carboxylic acids is 1. The zero-order valence-electron chi connectivity index (χ0n) is 10.9. The largest absolute Gasteiger partial charge is 0.481 e. The molecule has 1 aliphatic heterocycles. The highest BCUT2D eigenvalue weighted by molar-refractivity contribution is 5.76. The van der Waals surface area contributed by atoms with E-state index in [-0.39, 0.29) is 18.5 Å². The summed E-state index contributed by atoms with van der Waals surface area (Å²) in [5, 5.41) is 11.8. The zero-order valence-corrected chi connectivity index (χ0v) is 10.9. The summed E-state index contributed by atoms with van der Waals surface area (Å²) in [5.41, 5.74) is -0.814. The van der Waals surface area contributed by atoms with Crippen LogP contribution in [-0.2, 0) is 4.79 Å². The van der Waals surface area contributed by atoms with Gasteiger partial charge in [0.15, 0.2) is 0 Å². The van der Waals surface area contributed by atoms with Crippen LogP contribution < -0.4 is 5.32 Å². The van der Waals surface area contributed by atoms with E-state index in [0.29, 0.717) is 13.1 Å². The van der Waals surface area contributed by atoms with Crippen LogP contribution in [0.15, 0.2) is 0 Å². The number of terminal acetylenes is 1. The quantitative estimate of drug-likeness (QED) is 0.740. The van der Waals surface area contributed by atoms with Crippen LogP contribution in [0, 0.1) is 23.7 Å². The number of nitrogens with one attached hydrogen (secondary N) is 1. The van der Waals surface area contributed by atoms with Crippen molar-refractivity contribution in [1.29, 1.82) is 0 Å². The summed E-state index contributed by atoms with van der Waals surface area (Å²) in [5.74, 6) is 1.50. The maximum atomic E-state index is 11.8. The summed E-state index contributed by atoms with van der Waals surface area (Å²) in [7, 11) is 0. The van der Waals surface area contributed by atoms with E-state index >= 15 is 0 Å². The number of hydrogen-bond acceptors (Lipinski definition) is 2. The van der Waals surface area contributed by atoms with Gasteiger partial charge in [-0.2, -0.15) is 0 Å². The molecule has 5 nitrogen and oxygen atoms in total. The lowest BCUT2D eigenvalue weighted by Gasteiger charge is -2.39. The molecule has 0 aromatic carbocycles. The van der Waals surface area contributed by atoms with Gasteiger partial charge >= 0.3 is 12.0 Å². The second-order valence-corrected chi connectivity index (χ2v) is 5.17. The lowest BCUT2D eigenvalue weighted by molar-refractivity contribution is -0.151. The van der Waals surface area contributed by atoms with Gasteiger partial charge in [0.2, 0.25) is 0 Å². The molecule has 0 radical (unpaired) electrons. The van der Waals surface area contributed by atoms with Gasteiger partial charge < -0.3 is 15.3 Å². The highest BCUT2D eigenvalue weighted by Crippen LogP contribution is 2.34. The van der Waals surface area contributed by atoms with Gasteiger partial charge in [-0.1, -0.05) is 5.92 Å². The number of carboxylic acids is 1. The molecular formula is C13H20N2O3. The van der Waals surface area contributed by atoms with E-state index in [1.807, 2.05) is 0 Å². The number of carboxylic acid groups (broad SMARTS) is 1. The van der Waals surface area contributed by atoms with Crippen LogP contribution in [0.3, 0.4) is 0 Å². The molecule has 0 saturated carbocycles. The van der Waals surface area contributed by atoms with Gasteiger partial charge in [0.25, 0.3) is 0 Å². The van der Waals surface area contributed by atoms with E-state index in [0.717, 1.165) is 12.8 Å². The molecule has 18 heavy (non-hydrogen) atoms. The smallest absolute Gasteiger partial charge is 0.318 e. The first kappa shape index (κ1) is 14.4. The van der Waals surface area contributed by atoms with Crippen molar-refractivity contribution in [2.45, 2.75) is 26.7 Å². The zero-order chi connectivity index (χ0) is 13.8. The molecule has 0 bridgehead atoms. The number of hydrogen-bond donors (Lipinski definition) is 2. The molecule has 1 heterocycles. The number of amides is 2. The predicted molar refractivity (Wildman–Crippen MR) is 67.9 cm³/mol. The third kappa shape index (κ3) is 3.16.